The van der Waals surface area contributed by atoms with Gasteiger partial charge in [0.05, 0.1) is 35.9 Å². The maximum atomic E-state index is 14.7. The Labute approximate surface area is 343 Å². The Morgan fingerprint density at radius 1 is 1.02 bits per heavy atom. The van der Waals surface area contributed by atoms with E-state index in [1.165, 1.54) is 14.0 Å². The van der Waals surface area contributed by atoms with Crippen LogP contribution >= 0.6 is 0 Å². The van der Waals surface area contributed by atoms with Gasteiger partial charge in [0.15, 0.2) is 17.7 Å². The molecule has 3 aliphatic heterocycles. The van der Waals surface area contributed by atoms with Gasteiger partial charge in [-0.25, -0.2) is 9.78 Å². The number of ether oxygens (including phenoxy) is 5. The van der Waals surface area contributed by atoms with Crippen LogP contribution < -0.4 is 0 Å². The van der Waals surface area contributed by atoms with Gasteiger partial charge in [0.25, 0.3) is 0 Å². The number of hydrogen-bond acceptors (Lipinski definition) is 13. The van der Waals surface area contributed by atoms with E-state index in [1.54, 1.807) is 51.3 Å². The highest BCUT2D eigenvalue weighted by Gasteiger charge is 2.60. The van der Waals surface area contributed by atoms with Gasteiger partial charge in [-0.2, -0.15) is 0 Å². The van der Waals surface area contributed by atoms with Crippen LogP contribution in [-0.4, -0.2) is 135 Å². The molecule has 13 atom stereocenters. The zero-order valence-electron chi connectivity index (χ0n) is 36.1. The minimum absolute atomic E-state index is 0.130. The number of amides is 1. The zero-order chi connectivity index (χ0) is 42.7. The molecule has 3 fully saturated rings. The number of imidazole rings is 1. The number of cyclic esters (lactones) is 1. The molecule has 58 heavy (non-hydrogen) atoms. The summed E-state index contributed by atoms with van der Waals surface area (Å²) >= 11 is 0. The van der Waals surface area contributed by atoms with E-state index < -0.39 is 83.4 Å². The van der Waals surface area contributed by atoms with Gasteiger partial charge < -0.3 is 43.2 Å². The molecule has 0 spiro atoms. The predicted molar refractivity (Wildman–Crippen MR) is 214 cm³/mol. The lowest BCUT2D eigenvalue weighted by atomic mass is 9.73. The lowest BCUT2D eigenvalue weighted by Gasteiger charge is -2.47. The number of pyridine rings is 1. The average molecular weight is 812 g/mol. The second-order valence-electron chi connectivity index (χ2n) is 17.3. The molecule has 3 aliphatic rings. The fourth-order valence-electron chi connectivity index (χ4n) is 9.43. The number of Topliss-reactive ketones (excluding diaryl/α,β-unsaturated/α-hetero) is 2. The van der Waals surface area contributed by atoms with Crippen molar-refractivity contribution >= 4 is 23.6 Å². The van der Waals surface area contributed by atoms with Crippen LogP contribution in [0, 0.1) is 23.7 Å². The largest absolute Gasteiger partial charge is 0.458 e. The average Bonchev–Trinajstić information content (AvgIpc) is 3.78. The van der Waals surface area contributed by atoms with Gasteiger partial charge >= 0.3 is 12.1 Å². The smallest absolute Gasteiger partial charge is 0.410 e. The number of ketones is 2. The first-order valence-electron chi connectivity index (χ1n) is 20.8. The van der Waals surface area contributed by atoms with Crippen LogP contribution in [0.25, 0.3) is 11.3 Å². The highest BCUT2D eigenvalue weighted by molar-refractivity contribution is 6.00. The minimum atomic E-state index is -1.40. The molecule has 0 bridgehead atoms. The lowest BCUT2D eigenvalue weighted by molar-refractivity contribution is -0.295. The molecule has 0 aromatic carbocycles. The van der Waals surface area contributed by atoms with Crippen molar-refractivity contribution < 1.29 is 48.0 Å². The molecule has 0 radical (unpaired) electrons. The summed E-state index contributed by atoms with van der Waals surface area (Å²) in [6.45, 7) is 14.9. The third kappa shape index (κ3) is 9.33. The summed E-state index contributed by atoms with van der Waals surface area (Å²) in [6.07, 6.45) is 4.45. The Morgan fingerprint density at radius 2 is 1.72 bits per heavy atom. The number of hydrogen-bond donors (Lipinski definition) is 1. The summed E-state index contributed by atoms with van der Waals surface area (Å²) in [6, 6.07) is 2.74. The fourth-order valence-corrected chi connectivity index (χ4v) is 9.43. The first-order chi connectivity index (χ1) is 27.4. The Morgan fingerprint density at radius 3 is 2.36 bits per heavy atom. The highest BCUT2D eigenvalue weighted by atomic mass is 16.7. The molecule has 5 heterocycles. The van der Waals surface area contributed by atoms with Gasteiger partial charge in [-0.1, -0.05) is 27.7 Å². The van der Waals surface area contributed by atoms with Gasteiger partial charge in [-0.05, 0) is 86.0 Å². The monoisotopic (exact) mass is 811 g/mol. The fraction of sp³-hybridized carbons (Fsp3) is 0.721. The van der Waals surface area contributed by atoms with Crippen LogP contribution in [0.4, 0.5) is 4.79 Å². The highest BCUT2D eigenvalue weighted by Crippen LogP contribution is 2.43. The molecule has 5 rings (SSSR count). The number of aliphatic hydroxyl groups excluding tert-OH is 1. The van der Waals surface area contributed by atoms with E-state index in [0.717, 1.165) is 11.3 Å². The van der Waals surface area contributed by atoms with Crippen molar-refractivity contribution in [3.63, 3.8) is 0 Å². The second-order valence-corrected chi connectivity index (χ2v) is 17.3. The summed E-state index contributed by atoms with van der Waals surface area (Å²) in [5.74, 6) is -4.95. The Balaban J connectivity index is 1.43. The van der Waals surface area contributed by atoms with Crippen molar-refractivity contribution in [2.45, 2.75) is 148 Å². The van der Waals surface area contributed by atoms with Gasteiger partial charge in [-0.15, -0.1) is 0 Å². The minimum Gasteiger partial charge on any atom is -0.458 e. The van der Waals surface area contributed by atoms with Gasteiger partial charge in [0, 0.05) is 68.1 Å². The summed E-state index contributed by atoms with van der Waals surface area (Å²) in [5.41, 5.74) is -0.938. The van der Waals surface area contributed by atoms with Crippen molar-refractivity contribution in [1.29, 1.82) is 0 Å². The van der Waals surface area contributed by atoms with E-state index in [0.29, 0.717) is 32.4 Å². The summed E-state index contributed by atoms with van der Waals surface area (Å²) in [4.78, 5) is 69.0. The molecule has 0 unspecified atom stereocenters. The molecular weight excluding hydrogens is 746 g/mol. The molecule has 2 aromatic heterocycles. The maximum Gasteiger partial charge on any atom is 0.410 e. The van der Waals surface area contributed by atoms with Crippen molar-refractivity contribution in [2.75, 3.05) is 27.7 Å². The molecule has 0 saturated carbocycles. The maximum absolute atomic E-state index is 14.7. The van der Waals surface area contributed by atoms with Crippen LogP contribution in [0.2, 0.25) is 0 Å². The number of carbonyl (C=O) groups is 4. The molecule has 15 heteroatoms. The number of carbonyl (C=O) groups excluding carboxylic acids is 4. The van der Waals surface area contributed by atoms with E-state index in [1.807, 2.05) is 62.7 Å². The molecule has 1 N–H and O–H groups in total. The third-order valence-electron chi connectivity index (χ3n) is 12.8. The number of likely N-dealkylation sites (N-methyl/N-ethyl adjacent to an activating group) is 1. The first-order valence-corrected chi connectivity index (χ1v) is 20.8. The summed E-state index contributed by atoms with van der Waals surface area (Å²) in [7, 11) is 5.24. The van der Waals surface area contributed by atoms with Crippen LogP contribution in [0.15, 0.2) is 37.1 Å². The number of unbranched alkanes of at least 4 members (excludes halogenated alkanes) is 1. The second kappa shape index (κ2) is 18.7. The quantitative estimate of drug-likeness (QED) is 0.184. The van der Waals surface area contributed by atoms with Gasteiger partial charge in [-0.3, -0.25) is 19.4 Å². The van der Waals surface area contributed by atoms with E-state index in [2.05, 4.69) is 9.97 Å². The van der Waals surface area contributed by atoms with Gasteiger partial charge in [0.1, 0.15) is 23.9 Å². The third-order valence-corrected chi connectivity index (χ3v) is 12.8. The molecule has 15 nitrogen and oxygen atoms in total. The Hall–Kier alpha value is -3.76. The number of aromatic nitrogens is 3. The Kier molecular flexibility index (Phi) is 14.6. The SMILES string of the molecule is CC[C@H]1OC(=O)[C@H](C)C(=O)[C@H](C)[C@@H](O[C@@H]2O[C@H](C)C[C@H](N(C)C)[C@H]2O)[C@](C)(OC)C[C@@H](C)C(=O)[C@@H](C)[C@H]2N(CCCCn3cnc(-c4cccnc4)c3)C(=O)O[C@]12C. The van der Waals surface area contributed by atoms with Crippen molar-refractivity contribution in [3.8, 4) is 11.3 Å². The predicted octanol–water partition coefficient (Wildman–Crippen LogP) is 4.93. The van der Waals surface area contributed by atoms with Crippen molar-refractivity contribution in [1.82, 2.24) is 24.3 Å². The topological polar surface area (TPSA) is 172 Å². The number of aliphatic hydroxyl groups is 1. The van der Waals surface area contributed by atoms with Crippen LogP contribution in [0.1, 0.15) is 87.5 Å². The van der Waals surface area contributed by atoms with E-state index >= 15 is 0 Å². The summed E-state index contributed by atoms with van der Waals surface area (Å²) < 4.78 is 33.2. The van der Waals surface area contributed by atoms with E-state index in [4.69, 9.17) is 23.7 Å². The molecule has 1 amide bonds. The number of esters is 1. The number of methoxy groups -OCH3 is 1. The lowest BCUT2D eigenvalue weighted by Crippen LogP contribution is -2.60. The van der Waals surface area contributed by atoms with E-state index in [9.17, 15) is 24.3 Å². The standard InChI is InChI=1S/C43H65N5O10/c1-12-33-43(8)37(48(41(53)58-43)19-14-13-18-47-23-31(45-24-47)30-16-15-17-44-22-30)27(4)34(49)25(2)21-42(7,54-11)38(28(5)35(50)29(6)39(52)56-33)57-40-36(51)32(46(9)10)20-26(3)55-40/h15-17,22-29,32-33,36-38,40,51H,12-14,18-21H2,1-11H3/t25-,26-,27-,28+,29-,32+,33-,36-,37-,38-,40+,42-,43-/m1/s1. The molecule has 3 saturated heterocycles. The number of aryl methyl sites for hydroxylation is 1. The molecular formula is C43H65N5O10. The van der Waals surface area contributed by atoms with Crippen LogP contribution in [-0.2, 0) is 44.6 Å². The van der Waals surface area contributed by atoms with Crippen LogP contribution in [0.5, 0.6) is 0 Å². The van der Waals surface area contributed by atoms with Gasteiger partial charge in [0.2, 0.25) is 0 Å². The molecule has 0 aliphatic carbocycles. The number of fused-ring (bicyclic) bond motifs is 1. The van der Waals surface area contributed by atoms with Crippen molar-refractivity contribution in [2.24, 2.45) is 23.7 Å². The number of nitrogens with zero attached hydrogens (tertiary/aromatic N) is 5. The summed E-state index contributed by atoms with van der Waals surface area (Å²) in [5, 5.41) is 11.4. The first kappa shape index (κ1) is 45.3. The number of rotatable bonds is 11. The molecule has 322 valence electrons. The van der Waals surface area contributed by atoms with E-state index in [-0.39, 0.29) is 30.8 Å². The molecule has 2 aromatic rings. The van der Waals surface area contributed by atoms with Crippen LogP contribution in [0.3, 0.4) is 0 Å². The normalized spacial score (nSPS) is 36.7. The van der Waals surface area contributed by atoms with Crippen molar-refractivity contribution in [3.05, 3.63) is 37.1 Å². The zero-order valence-corrected chi connectivity index (χ0v) is 36.1. The Bertz CT molecular complexity index is 1740.